The van der Waals surface area contributed by atoms with Crippen LogP contribution in [0.1, 0.15) is 48.7 Å². The lowest BCUT2D eigenvalue weighted by Gasteiger charge is -2.34. The van der Waals surface area contributed by atoms with Gasteiger partial charge in [0.05, 0.1) is 6.10 Å². The number of carbonyl (C=O) groups excluding carboxylic acids is 1. The van der Waals surface area contributed by atoms with Gasteiger partial charge in [0, 0.05) is 24.4 Å². The van der Waals surface area contributed by atoms with Crippen LogP contribution in [-0.4, -0.2) is 30.1 Å². The summed E-state index contributed by atoms with van der Waals surface area (Å²) in [5, 5.41) is 3.35. The van der Waals surface area contributed by atoms with E-state index in [1.54, 1.807) is 19.2 Å². The van der Waals surface area contributed by atoms with Crippen LogP contribution < -0.4 is 5.32 Å². The highest BCUT2D eigenvalue weighted by molar-refractivity contribution is 6.29. The number of pyridine rings is 1. The van der Waals surface area contributed by atoms with Crippen LogP contribution in [0.15, 0.2) is 12.1 Å². The van der Waals surface area contributed by atoms with Gasteiger partial charge in [0.15, 0.2) is 0 Å². The van der Waals surface area contributed by atoms with E-state index in [1.165, 1.54) is 0 Å². The van der Waals surface area contributed by atoms with E-state index in [9.17, 15) is 4.79 Å². The standard InChI is InChI=1S/C14H19ClN2O2/c1-8(2)12-4-9(5-13(15)17-12)14(18)16-10-6-11(7-10)19-3/h4-5,8,10-11H,6-7H2,1-3H3,(H,16,18). The molecule has 1 N–H and O–H groups in total. The van der Waals surface area contributed by atoms with Crippen molar-refractivity contribution >= 4 is 17.5 Å². The smallest absolute Gasteiger partial charge is 0.251 e. The van der Waals surface area contributed by atoms with Gasteiger partial charge in [-0.2, -0.15) is 0 Å². The minimum absolute atomic E-state index is 0.0919. The molecule has 19 heavy (non-hydrogen) atoms. The Morgan fingerprint density at radius 2 is 2.16 bits per heavy atom. The maximum Gasteiger partial charge on any atom is 0.251 e. The largest absolute Gasteiger partial charge is 0.381 e. The zero-order valence-electron chi connectivity index (χ0n) is 11.4. The van der Waals surface area contributed by atoms with Crippen molar-refractivity contribution in [1.82, 2.24) is 10.3 Å². The molecular weight excluding hydrogens is 264 g/mol. The Bertz CT molecular complexity index is 471. The fourth-order valence-corrected chi connectivity index (χ4v) is 2.30. The lowest BCUT2D eigenvalue weighted by atomic mass is 9.89. The number of aromatic nitrogens is 1. The molecule has 104 valence electrons. The summed E-state index contributed by atoms with van der Waals surface area (Å²) in [6.45, 7) is 4.05. The first kappa shape index (κ1) is 14.3. The van der Waals surface area contributed by atoms with Crippen molar-refractivity contribution in [1.29, 1.82) is 0 Å². The molecule has 2 rings (SSSR count). The quantitative estimate of drug-likeness (QED) is 0.864. The molecule has 0 aromatic carbocycles. The number of nitrogens with zero attached hydrogens (tertiary/aromatic N) is 1. The normalized spacial score (nSPS) is 22.2. The fraction of sp³-hybridized carbons (Fsp3) is 0.571. The van der Waals surface area contributed by atoms with Crippen LogP contribution >= 0.6 is 11.6 Å². The van der Waals surface area contributed by atoms with E-state index in [1.807, 2.05) is 13.8 Å². The minimum atomic E-state index is -0.0919. The van der Waals surface area contributed by atoms with Crippen LogP contribution in [0.5, 0.6) is 0 Å². The molecule has 0 aliphatic heterocycles. The summed E-state index contributed by atoms with van der Waals surface area (Å²) in [6, 6.07) is 3.61. The van der Waals surface area contributed by atoms with Gasteiger partial charge in [0.2, 0.25) is 0 Å². The predicted octanol–water partition coefficient (Wildman–Crippen LogP) is 2.77. The van der Waals surface area contributed by atoms with Crippen molar-refractivity contribution in [2.75, 3.05) is 7.11 Å². The molecule has 0 atom stereocenters. The molecule has 1 fully saturated rings. The molecule has 5 heteroatoms. The van der Waals surface area contributed by atoms with Gasteiger partial charge in [0.25, 0.3) is 5.91 Å². The highest BCUT2D eigenvalue weighted by Gasteiger charge is 2.30. The number of ether oxygens (including phenoxy) is 1. The summed E-state index contributed by atoms with van der Waals surface area (Å²) in [6.07, 6.45) is 2.02. The molecule has 4 nitrogen and oxygen atoms in total. The second-order valence-electron chi connectivity index (χ2n) is 5.26. The minimum Gasteiger partial charge on any atom is -0.381 e. The van der Waals surface area contributed by atoms with Crippen LogP contribution in [-0.2, 0) is 4.74 Å². The Labute approximate surface area is 118 Å². The molecule has 0 unspecified atom stereocenters. The zero-order valence-corrected chi connectivity index (χ0v) is 12.2. The van der Waals surface area contributed by atoms with Gasteiger partial charge < -0.3 is 10.1 Å². The van der Waals surface area contributed by atoms with Gasteiger partial charge in [-0.25, -0.2) is 4.98 Å². The van der Waals surface area contributed by atoms with E-state index in [0.717, 1.165) is 18.5 Å². The monoisotopic (exact) mass is 282 g/mol. The number of hydrogen-bond donors (Lipinski definition) is 1. The van der Waals surface area contributed by atoms with E-state index in [-0.39, 0.29) is 24.0 Å². The highest BCUT2D eigenvalue weighted by atomic mass is 35.5. The topological polar surface area (TPSA) is 51.2 Å². The van der Waals surface area contributed by atoms with E-state index in [4.69, 9.17) is 16.3 Å². The lowest BCUT2D eigenvalue weighted by Crippen LogP contribution is -2.47. The number of rotatable bonds is 4. The van der Waals surface area contributed by atoms with E-state index in [0.29, 0.717) is 10.7 Å². The van der Waals surface area contributed by atoms with Gasteiger partial charge in [-0.1, -0.05) is 25.4 Å². The Balaban J connectivity index is 2.03. The fourth-order valence-electron chi connectivity index (χ4n) is 2.09. The molecule has 1 heterocycles. The summed E-state index contributed by atoms with van der Waals surface area (Å²) >= 11 is 5.96. The molecule has 0 radical (unpaired) electrons. The van der Waals surface area contributed by atoms with E-state index >= 15 is 0 Å². The highest BCUT2D eigenvalue weighted by Crippen LogP contribution is 2.23. The third-order valence-electron chi connectivity index (χ3n) is 3.43. The maximum atomic E-state index is 12.1. The van der Waals surface area contributed by atoms with Crippen LogP contribution in [0.4, 0.5) is 0 Å². The Morgan fingerprint density at radius 3 is 2.74 bits per heavy atom. The van der Waals surface area contributed by atoms with Crippen molar-refractivity contribution in [3.8, 4) is 0 Å². The molecule has 0 bridgehead atoms. The van der Waals surface area contributed by atoms with E-state index < -0.39 is 0 Å². The first-order valence-corrected chi connectivity index (χ1v) is 6.88. The lowest BCUT2D eigenvalue weighted by molar-refractivity contribution is 0.0176. The van der Waals surface area contributed by atoms with Crippen molar-refractivity contribution in [3.63, 3.8) is 0 Å². The van der Waals surface area contributed by atoms with Crippen molar-refractivity contribution < 1.29 is 9.53 Å². The molecule has 0 saturated heterocycles. The maximum absolute atomic E-state index is 12.1. The summed E-state index contributed by atoms with van der Waals surface area (Å²) < 4.78 is 5.19. The third kappa shape index (κ3) is 3.45. The number of amides is 1. The average Bonchev–Trinajstić information content (AvgIpc) is 2.32. The second-order valence-corrected chi connectivity index (χ2v) is 5.64. The van der Waals surface area contributed by atoms with Gasteiger partial charge in [-0.15, -0.1) is 0 Å². The number of halogens is 1. The number of nitrogens with one attached hydrogen (secondary N) is 1. The van der Waals surface area contributed by atoms with Gasteiger partial charge in [-0.3, -0.25) is 4.79 Å². The summed E-state index contributed by atoms with van der Waals surface area (Å²) in [5.74, 6) is 0.151. The summed E-state index contributed by atoms with van der Waals surface area (Å²) in [5.41, 5.74) is 1.41. The molecule has 1 amide bonds. The second kappa shape index (κ2) is 5.88. The molecule has 1 aliphatic rings. The van der Waals surface area contributed by atoms with Crippen molar-refractivity contribution in [2.45, 2.75) is 44.8 Å². The van der Waals surface area contributed by atoms with Crippen molar-refractivity contribution in [3.05, 3.63) is 28.5 Å². The number of hydrogen-bond acceptors (Lipinski definition) is 3. The molecule has 0 spiro atoms. The SMILES string of the molecule is COC1CC(NC(=O)c2cc(Cl)nc(C(C)C)c2)C1. The number of carbonyl (C=O) groups is 1. The van der Waals surface area contributed by atoms with Crippen LogP contribution in [0.3, 0.4) is 0 Å². The molecule has 1 aromatic heterocycles. The number of methoxy groups -OCH3 is 1. The Kier molecular flexibility index (Phi) is 4.42. The Morgan fingerprint density at radius 1 is 1.47 bits per heavy atom. The molecule has 1 aliphatic carbocycles. The Hall–Kier alpha value is -1.13. The van der Waals surface area contributed by atoms with Crippen LogP contribution in [0.2, 0.25) is 5.15 Å². The molecule has 1 aromatic rings. The zero-order chi connectivity index (χ0) is 14.0. The van der Waals surface area contributed by atoms with E-state index in [2.05, 4.69) is 10.3 Å². The van der Waals surface area contributed by atoms with Crippen molar-refractivity contribution in [2.24, 2.45) is 0 Å². The average molecular weight is 283 g/mol. The third-order valence-corrected chi connectivity index (χ3v) is 3.62. The molecular formula is C14H19ClN2O2. The van der Waals surface area contributed by atoms with Crippen LogP contribution in [0, 0.1) is 0 Å². The first-order valence-electron chi connectivity index (χ1n) is 6.50. The predicted molar refractivity (Wildman–Crippen MR) is 74.6 cm³/mol. The van der Waals surface area contributed by atoms with Crippen LogP contribution in [0.25, 0.3) is 0 Å². The summed E-state index contributed by atoms with van der Waals surface area (Å²) in [4.78, 5) is 16.4. The first-order chi connectivity index (χ1) is 8.99. The van der Waals surface area contributed by atoms with Gasteiger partial charge in [-0.05, 0) is 30.9 Å². The molecule has 1 saturated carbocycles. The van der Waals surface area contributed by atoms with Gasteiger partial charge in [0.1, 0.15) is 5.15 Å². The van der Waals surface area contributed by atoms with Gasteiger partial charge >= 0.3 is 0 Å². The summed E-state index contributed by atoms with van der Waals surface area (Å²) in [7, 11) is 1.69.